The number of rotatable bonds is 3. The van der Waals surface area contributed by atoms with E-state index in [1.807, 2.05) is 6.08 Å². The quantitative estimate of drug-likeness (QED) is 0.463. The Kier molecular flexibility index (Phi) is 4.52. The summed E-state index contributed by atoms with van der Waals surface area (Å²) in [5.74, 6) is -0.0398. The van der Waals surface area contributed by atoms with Gasteiger partial charge in [-0.15, -0.1) is 0 Å². The Hall–Kier alpha value is -1.43. The summed E-state index contributed by atoms with van der Waals surface area (Å²) in [6.07, 6.45) is 4.47. The van der Waals surface area contributed by atoms with E-state index in [-0.39, 0.29) is 29.9 Å². The molecule has 2 fully saturated rings. The van der Waals surface area contributed by atoms with Crippen LogP contribution in [0.4, 0.5) is 4.79 Å². The van der Waals surface area contributed by atoms with E-state index in [0.29, 0.717) is 19.5 Å². The highest BCUT2D eigenvalue weighted by Gasteiger charge is 2.34. The van der Waals surface area contributed by atoms with Crippen LogP contribution in [-0.4, -0.2) is 47.9 Å². The van der Waals surface area contributed by atoms with Gasteiger partial charge < -0.3 is 15.0 Å². The maximum atomic E-state index is 11.9. The zero-order valence-electron chi connectivity index (χ0n) is 10.7. The number of nitrogens with one attached hydrogen (secondary N) is 1. The smallest absolute Gasteiger partial charge is 0.410 e. The predicted octanol–water partition coefficient (Wildman–Crippen LogP) is 1.13. The maximum absolute atomic E-state index is 11.9. The van der Waals surface area contributed by atoms with Crippen molar-refractivity contribution in [3.63, 3.8) is 0 Å². The molecule has 104 valence electrons. The van der Waals surface area contributed by atoms with Gasteiger partial charge in [-0.25, -0.2) is 4.79 Å². The van der Waals surface area contributed by atoms with Crippen LogP contribution in [0.1, 0.15) is 12.8 Å². The summed E-state index contributed by atoms with van der Waals surface area (Å²) in [6, 6.07) is -0.112. The molecule has 2 atom stereocenters. The highest BCUT2D eigenvalue weighted by molar-refractivity contribution is 7.81. The summed E-state index contributed by atoms with van der Waals surface area (Å²) >= 11 is 4.42. The Morgan fingerprint density at radius 3 is 3.05 bits per heavy atom. The van der Waals surface area contributed by atoms with Crippen molar-refractivity contribution in [1.29, 1.82) is 0 Å². The Morgan fingerprint density at radius 1 is 1.63 bits per heavy atom. The van der Waals surface area contributed by atoms with E-state index in [4.69, 9.17) is 4.74 Å². The third-order valence-electron chi connectivity index (χ3n) is 3.25. The first-order valence-corrected chi connectivity index (χ1v) is 6.84. The van der Waals surface area contributed by atoms with Crippen molar-refractivity contribution in [3.8, 4) is 0 Å². The lowest BCUT2D eigenvalue weighted by molar-refractivity contribution is -0.116. The largest absolute Gasteiger partial charge is 0.445 e. The van der Waals surface area contributed by atoms with Gasteiger partial charge >= 0.3 is 6.09 Å². The van der Waals surface area contributed by atoms with Gasteiger partial charge in [0.2, 0.25) is 5.91 Å². The van der Waals surface area contributed by atoms with Crippen molar-refractivity contribution in [2.45, 2.75) is 24.1 Å². The van der Waals surface area contributed by atoms with Crippen molar-refractivity contribution in [3.05, 3.63) is 24.3 Å². The number of nitrogens with zero attached hydrogens (tertiary/aromatic N) is 1. The zero-order valence-corrected chi connectivity index (χ0v) is 11.6. The van der Waals surface area contributed by atoms with Crippen LogP contribution in [0.2, 0.25) is 0 Å². The van der Waals surface area contributed by atoms with Gasteiger partial charge in [0.05, 0.1) is 6.04 Å². The van der Waals surface area contributed by atoms with Gasteiger partial charge in [0.1, 0.15) is 6.61 Å². The molecule has 2 aliphatic rings. The lowest BCUT2D eigenvalue weighted by Crippen LogP contribution is -2.35. The van der Waals surface area contributed by atoms with Crippen LogP contribution in [0.15, 0.2) is 24.3 Å². The zero-order chi connectivity index (χ0) is 13.8. The van der Waals surface area contributed by atoms with Crippen molar-refractivity contribution in [2.75, 3.05) is 19.7 Å². The van der Waals surface area contributed by atoms with E-state index in [9.17, 15) is 9.59 Å². The summed E-state index contributed by atoms with van der Waals surface area (Å²) in [7, 11) is 0. The van der Waals surface area contributed by atoms with E-state index in [1.165, 1.54) is 6.08 Å². The van der Waals surface area contributed by atoms with Crippen molar-refractivity contribution >= 4 is 24.6 Å². The molecular formula is C13H18N2O3S. The van der Waals surface area contributed by atoms with E-state index in [0.717, 1.165) is 12.0 Å². The molecule has 0 radical (unpaired) electrons. The van der Waals surface area contributed by atoms with Gasteiger partial charge in [-0.3, -0.25) is 4.79 Å². The second-order valence-electron chi connectivity index (χ2n) is 4.67. The number of hydrogen-bond donors (Lipinski definition) is 2. The van der Waals surface area contributed by atoms with Crippen molar-refractivity contribution in [1.82, 2.24) is 10.2 Å². The molecule has 0 spiro atoms. The number of thiol groups is 1. The first-order chi connectivity index (χ1) is 9.11. The van der Waals surface area contributed by atoms with E-state index in [1.54, 1.807) is 4.90 Å². The van der Waals surface area contributed by atoms with Gasteiger partial charge in [-0.05, 0) is 12.8 Å². The molecule has 0 bridgehead atoms. The van der Waals surface area contributed by atoms with E-state index < -0.39 is 0 Å². The minimum atomic E-state index is -0.378. The molecule has 1 N–H and O–H groups in total. The summed E-state index contributed by atoms with van der Waals surface area (Å²) < 4.78 is 5.05. The van der Waals surface area contributed by atoms with Gasteiger partial charge in [-0.1, -0.05) is 18.7 Å². The van der Waals surface area contributed by atoms with E-state index >= 15 is 0 Å². The fraction of sp³-hybridized carbons (Fsp3) is 0.538. The Morgan fingerprint density at radius 2 is 2.42 bits per heavy atom. The fourth-order valence-corrected chi connectivity index (χ4v) is 2.74. The Bertz CT molecular complexity index is 422. The molecule has 0 unspecified atom stereocenters. The lowest BCUT2D eigenvalue weighted by atomic mass is 10.1. The monoisotopic (exact) mass is 282 g/mol. The lowest BCUT2D eigenvalue weighted by Gasteiger charge is -2.21. The van der Waals surface area contributed by atoms with Gasteiger partial charge in [0.15, 0.2) is 0 Å². The molecule has 0 aliphatic carbocycles. The molecule has 5 nitrogen and oxygen atoms in total. The molecule has 0 aromatic carbocycles. The van der Waals surface area contributed by atoms with Crippen LogP contribution in [0.3, 0.4) is 0 Å². The summed E-state index contributed by atoms with van der Waals surface area (Å²) in [5, 5.41) is 2.87. The SMILES string of the molecule is C=CCOC(=O)N1C[C@@H](S)C[C@H]1/C=C1\CCNC1=O. The number of carbonyl (C=O) groups is 2. The topological polar surface area (TPSA) is 58.6 Å². The first-order valence-electron chi connectivity index (χ1n) is 6.33. The number of carbonyl (C=O) groups excluding carboxylic acids is 2. The second kappa shape index (κ2) is 6.14. The van der Waals surface area contributed by atoms with Crippen LogP contribution >= 0.6 is 12.6 Å². The number of ether oxygens (including phenoxy) is 1. The van der Waals surface area contributed by atoms with Crippen molar-refractivity contribution in [2.24, 2.45) is 0 Å². The highest BCUT2D eigenvalue weighted by atomic mass is 32.1. The van der Waals surface area contributed by atoms with Crippen LogP contribution in [-0.2, 0) is 9.53 Å². The molecule has 0 aromatic heterocycles. The van der Waals surface area contributed by atoms with Crippen LogP contribution in [0, 0.1) is 0 Å². The number of hydrogen-bond acceptors (Lipinski definition) is 4. The fourth-order valence-electron chi connectivity index (χ4n) is 2.35. The summed E-state index contributed by atoms with van der Waals surface area (Å²) in [6.45, 7) is 4.91. The van der Waals surface area contributed by atoms with E-state index in [2.05, 4.69) is 24.5 Å². The number of amides is 2. The minimum Gasteiger partial charge on any atom is -0.445 e. The molecule has 0 aromatic rings. The maximum Gasteiger partial charge on any atom is 0.410 e. The van der Waals surface area contributed by atoms with Crippen LogP contribution in [0.5, 0.6) is 0 Å². The average Bonchev–Trinajstić information content (AvgIpc) is 2.94. The summed E-state index contributed by atoms with van der Waals surface area (Å²) in [5.41, 5.74) is 0.744. The van der Waals surface area contributed by atoms with Gasteiger partial charge in [-0.2, -0.15) is 12.6 Å². The third kappa shape index (κ3) is 3.32. The molecule has 0 saturated carbocycles. The van der Waals surface area contributed by atoms with Crippen molar-refractivity contribution < 1.29 is 14.3 Å². The van der Waals surface area contributed by atoms with Crippen LogP contribution in [0.25, 0.3) is 0 Å². The van der Waals surface area contributed by atoms with Crippen LogP contribution < -0.4 is 5.32 Å². The molecular weight excluding hydrogens is 264 g/mol. The Labute approximate surface area is 118 Å². The molecule has 6 heteroatoms. The molecule has 19 heavy (non-hydrogen) atoms. The highest BCUT2D eigenvalue weighted by Crippen LogP contribution is 2.25. The molecule has 2 saturated heterocycles. The predicted molar refractivity (Wildman–Crippen MR) is 75.1 cm³/mol. The second-order valence-corrected chi connectivity index (χ2v) is 5.40. The standard InChI is InChI=1S/C13H18N2O3S/c1-2-5-18-13(17)15-8-11(19)7-10(15)6-9-3-4-14-12(9)16/h2,6,10-11,19H,1,3-5,7-8H2,(H,14,16)/b9-6+/t10-,11+/m1/s1. The summed E-state index contributed by atoms with van der Waals surface area (Å²) in [4.78, 5) is 25.1. The molecule has 2 amide bonds. The normalized spacial score (nSPS) is 28.6. The minimum absolute atomic E-state index is 0.0398. The average molecular weight is 282 g/mol. The van der Waals surface area contributed by atoms with Gasteiger partial charge in [0.25, 0.3) is 0 Å². The third-order valence-corrected chi connectivity index (χ3v) is 3.62. The first kappa shape index (κ1) is 14.0. The van der Waals surface area contributed by atoms with Gasteiger partial charge in [0, 0.05) is 23.9 Å². The Balaban J connectivity index is 2.06. The molecule has 2 rings (SSSR count). The molecule has 2 aliphatic heterocycles. The number of likely N-dealkylation sites (tertiary alicyclic amines) is 1. The molecule has 2 heterocycles.